The Morgan fingerprint density at radius 1 is 1.12 bits per heavy atom. The van der Waals surface area contributed by atoms with Crippen molar-refractivity contribution >= 4 is 44.2 Å². The Hall–Kier alpha value is -1.61. The zero-order valence-electron chi connectivity index (χ0n) is 13.4. The molecule has 0 fully saturated rings. The van der Waals surface area contributed by atoms with Gasteiger partial charge in [0.2, 0.25) is 15.9 Å². The number of carbonyl (C=O) groups excluding carboxylic acids is 1. The summed E-state index contributed by atoms with van der Waals surface area (Å²) in [6.45, 7) is 1.61. The first-order valence-electron chi connectivity index (χ1n) is 7.35. The highest BCUT2D eigenvalue weighted by molar-refractivity contribution is 14.1. The van der Waals surface area contributed by atoms with Gasteiger partial charge in [0.15, 0.2) is 0 Å². The zero-order chi connectivity index (χ0) is 17.7. The van der Waals surface area contributed by atoms with Crippen LogP contribution in [-0.2, 0) is 14.8 Å². The SMILES string of the molecule is CC(NC(=O)CN(c1ccc(I)cc1)S(C)(=O)=O)c1ccccc1. The number of amides is 1. The Balaban J connectivity index is 2.12. The van der Waals surface area contributed by atoms with Crippen LogP contribution in [0.3, 0.4) is 0 Å². The van der Waals surface area contributed by atoms with E-state index in [1.165, 1.54) is 0 Å². The highest BCUT2D eigenvalue weighted by Crippen LogP contribution is 2.19. The van der Waals surface area contributed by atoms with E-state index in [-0.39, 0.29) is 18.5 Å². The molecule has 0 heterocycles. The molecule has 0 bridgehead atoms. The summed E-state index contributed by atoms with van der Waals surface area (Å²) in [5.41, 5.74) is 1.44. The molecule has 0 aliphatic heterocycles. The molecule has 0 radical (unpaired) electrons. The van der Waals surface area contributed by atoms with Crippen LogP contribution in [0.1, 0.15) is 18.5 Å². The number of nitrogens with zero attached hydrogens (tertiary/aromatic N) is 1. The first-order valence-corrected chi connectivity index (χ1v) is 10.3. The summed E-state index contributed by atoms with van der Waals surface area (Å²) in [5.74, 6) is -0.352. The van der Waals surface area contributed by atoms with Crippen LogP contribution in [0, 0.1) is 3.57 Å². The Morgan fingerprint density at radius 2 is 1.71 bits per heavy atom. The van der Waals surface area contributed by atoms with Gasteiger partial charge in [0, 0.05) is 3.57 Å². The Labute approximate surface area is 156 Å². The fourth-order valence-electron chi connectivity index (χ4n) is 2.25. The summed E-state index contributed by atoms with van der Waals surface area (Å²) in [6.07, 6.45) is 1.10. The third-order valence-electron chi connectivity index (χ3n) is 3.48. The smallest absolute Gasteiger partial charge is 0.241 e. The van der Waals surface area contributed by atoms with Crippen LogP contribution >= 0.6 is 22.6 Å². The highest BCUT2D eigenvalue weighted by atomic mass is 127. The van der Waals surface area contributed by atoms with Gasteiger partial charge in [-0.2, -0.15) is 0 Å². The number of hydrogen-bond donors (Lipinski definition) is 1. The lowest BCUT2D eigenvalue weighted by Gasteiger charge is -2.23. The van der Waals surface area contributed by atoms with E-state index in [0.29, 0.717) is 5.69 Å². The van der Waals surface area contributed by atoms with Crippen molar-refractivity contribution < 1.29 is 13.2 Å². The first kappa shape index (κ1) is 18.7. The van der Waals surface area contributed by atoms with Crippen molar-refractivity contribution in [2.75, 3.05) is 17.1 Å². The number of rotatable bonds is 6. The summed E-state index contributed by atoms with van der Waals surface area (Å²) in [4.78, 5) is 12.3. The molecular formula is C17H19IN2O3S. The number of sulfonamides is 1. The van der Waals surface area contributed by atoms with Crippen LogP contribution in [0.4, 0.5) is 5.69 Å². The van der Waals surface area contributed by atoms with Crippen LogP contribution in [0.25, 0.3) is 0 Å². The molecule has 0 spiro atoms. The van der Waals surface area contributed by atoms with Gasteiger partial charge in [0.1, 0.15) is 6.54 Å². The molecule has 0 aromatic heterocycles. The van der Waals surface area contributed by atoms with Crippen molar-refractivity contribution in [2.45, 2.75) is 13.0 Å². The second-order valence-electron chi connectivity index (χ2n) is 5.45. The number of halogens is 1. The van der Waals surface area contributed by atoms with Gasteiger partial charge in [-0.05, 0) is 59.3 Å². The number of benzene rings is 2. The summed E-state index contributed by atoms with van der Waals surface area (Å²) in [6, 6.07) is 16.3. The van der Waals surface area contributed by atoms with Crippen molar-refractivity contribution in [1.82, 2.24) is 5.32 Å². The molecular weight excluding hydrogens is 439 g/mol. The van der Waals surface area contributed by atoms with Crippen molar-refractivity contribution in [3.8, 4) is 0 Å². The van der Waals surface area contributed by atoms with E-state index in [1.807, 2.05) is 37.3 Å². The van der Waals surface area contributed by atoms with Crippen molar-refractivity contribution in [3.05, 3.63) is 63.7 Å². The molecule has 7 heteroatoms. The number of nitrogens with one attached hydrogen (secondary N) is 1. The van der Waals surface area contributed by atoms with Gasteiger partial charge >= 0.3 is 0 Å². The molecule has 2 rings (SSSR count). The molecule has 1 amide bonds. The van der Waals surface area contributed by atoms with Gasteiger partial charge in [-0.15, -0.1) is 0 Å². The van der Waals surface area contributed by atoms with Crippen molar-refractivity contribution in [1.29, 1.82) is 0 Å². The quantitative estimate of drug-likeness (QED) is 0.678. The van der Waals surface area contributed by atoms with Crippen molar-refractivity contribution in [3.63, 3.8) is 0 Å². The Morgan fingerprint density at radius 3 is 2.25 bits per heavy atom. The minimum atomic E-state index is -3.56. The number of hydrogen-bond acceptors (Lipinski definition) is 3. The maximum absolute atomic E-state index is 12.3. The maximum atomic E-state index is 12.3. The highest BCUT2D eigenvalue weighted by Gasteiger charge is 2.21. The Kier molecular flexibility index (Phi) is 6.22. The van der Waals surface area contributed by atoms with E-state index < -0.39 is 10.0 Å². The van der Waals surface area contributed by atoms with Crippen LogP contribution in [0.2, 0.25) is 0 Å². The van der Waals surface area contributed by atoms with E-state index in [4.69, 9.17) is 0 Å². The third-order valence-corrected chi connectivity index (χ3v) is 5.34. The molecule has 2 aromatic rings. The molecule has 1 unspecified atom stereocenters. The van der Waals surface area contributed by atoms with Gasteiger partial charge in [-0.3, -0.25) is 9.10 Å². The van der Waals surface area contributed by atoms with Gasteiger partial charge in [-0.1, -0.05) is 30.3 Å². The first-order chi connectivity index (χ1) is 11.3. The van der Waals surface area contributed by atoms with Gasteiger partial charge < -0.3 is 5.32 Å². The van der Waals surface area contributed by atoms with E-state index in [9.17, 15) is 13.2 Å². The fourth-order valence-corrected chi connectivity index (χ4v) is 3.47. The zero-order valence-corrected chi connectivity index (χ0v) is 16.4. The van der Waals surface area contributed by atoms with Gasteiger partial charge in [0.25, 0.3) is 0 Å². The van der Waals surface area contributed by atoms with E-state index in [0.717, 1.165) is 19.7 Å². The molecule has 128 valence electrons. The third kappa shape index (κ3) is 5.20. The van der Waals surface area contributed by atoms with E-state index in [2.05, 4.69) is 27.9 Å². The summed E-state index contributed by atoms with van der Waals surface area (Å²) >= 11 is 2.14. The largest absolute Gasteiger partial charge is 0.348 e. The van der Waals surface area contributed by atoms with Crippen LogP contribution in [0.5, 0.6) is 0 Å². The molecule has 5 nitrogen and oxygen atoms in total. The Bertz CT molecular complexity index is 792. The predicted molar refractivity (Wildman–Crippen MR) is 104 cm³/mol. The average Bonchev–Trinajstić information content (AvgIpc) is 2.53. The van der Waals surface area contributed by atoms with Crippen molar-refractivity contribution in [2.24, 2.45) is 0 Å². The van der Waals surface area contributed by atoms with Crippen LogP contribution in [0.15, 0.2) is 54.6 Å². The lowest BCUT2D eigenvalue weighted by atomic mass is 10.1. The number of carbonyl (C=O) groups is 1. The van der Waals surface area contributed by atoms with Crippen LogP contribution < -0.4 is 9.62 Å². The second-order valence-corrected chi connectivity index (χ2v) is 8.60. The average molecular weight is 458 g/mol. The topological polar surface area (TPSA) is 66.5 Å². The van der Waals surface area contributed by atoms with Crippen LogP contribution in [-0.4, -0.2) is 27.1 Å². The molecule has 24 heavy (non-hydrogen) atoms. The maximum Gasteiger partial charge on any atom is 0.241 e. The molecule has 0 saturated carbocycles. The minimum absolute atomic E-state index is 0.197. The summed E-state index contributed by atoms with van der Waals surface area (Å²) in [5, 5.41) is 2.83. The lowest BCUT2D eigenvalue weighted by molar-refractivity contribution is -0.120. The molecule has 2 aromatic carbocycles. The molecule has 1 atom stereocenters. The second kappa shape index (κ2) is 7.98. The van der Waals surface area contributed by atoms with E-state index >= 15 is 0 Å². The number of anilines is 1. The fraction of sp³-hybridized carbons (Fsp3) is 0.235. The van der Waals surface area contributed by atoms with E-state index in [1.54, 1.807) is 24.3 Å². The predicted octanol–water partition coefficient (Wildman–Crippen LogP) is 2.93. The minimum Gasteiger partial charge on any atom is -0.348 e. The molecule has 0 aliphatic carbocycles. The summed E-state index contributed by atoms with van der Waals surface area (Å²) < 4.78 is 26.2. The van der Waals surface area contributed by atoms with Gasteiger partial charge in [-0.25, -0.2) is 8.42 Å². The molecule has 0 saturated heterocycles. The standard InChI is InChI=1S/C17H19IN2O3S/c1-13(14-6-4-3-5-7-14)19-17(21)12-20(24(2,22)23)16-10-8-15(18)9-11-16/h3-11,13H,12H2,1-2H3,(H,19,21). The molecule has 1 N–H and O–H groups in total. The monoisotopic (exact) mass is 458 g/mol. The normalized spacial score (nSPS) is 12.5. The summed E-state index contributed by atoms with van der Waals surface area (Å²) in [7, 11) is -3.56. The van der Waals surface area contributed by atoms with Gasteiger partial charge in [0.05, 0.1) is 18.0 Å². The molecule has 0 aliphatic rings. The lowest BCUT2D eigenvalue weighted by Crippen LogP contribution is -2.41.